The van der Waals surface area contributed by atoms with Crippen LogP contribution in [0.4, 0.5) is 8.78 Å². The summed E-state index contributed by atoms with van der Waals surface area (Å²) < 4.78 is 32.2. The standard InChI is InChI=1S/C20H17F2N3O2.ClH/c21-16-5-4-15(18(22)10-16)12-25-20(26)14-2-1-3-17(9-14)27-19-8-13(11-23)6-7-24-19;/h1-10H,11-12,23H2,(H,25,26);1H. The normalized spacial score (nSPS) is 10.1. The zero-order chi connectivity index (χ0) is 19.2. The largest absolute Gasteiger partial charge is 0.439 e. The number of benzene rings is 2. The first-order valence-corrected chi connectivity index (χ1v) is 8.20. The Balaban J connectivity index is 0.00000280. The molecule has 1 aromatic heterocycles. The van der Waals surface area contributed by atoms with E-state index in [0.29, 0.717) is 23.7 Å². The van der Waals surface area contributed by atoms with Crippen LogP contribution in [0.1, 0.15) is 21.5 Å². The molecule has 3 aromatic rings. The highest BCUT2D eigenvalue weighted by Crippen LogP contribution is 2.21. The molecular formula is C20H18ClF2N3O2. The fraction of sp³-hybridized carbons (Fsp3) is 0.100. The molecule has 1 amide bonds. The van der Waals surface area contributed by atoms with Crippen LogP contribution in [0.2, 0.25) is 0 Å². The van der Waals surface area contributed by atoms with Gasteiger partial charge in [-0.15, -0.1) is 12.4 Å². The summed E-state index contributed by atoms with van der Waals surface area (Å²) in [6.07, 6.45) is 1.59. The van der Waals surface area contributed by atoms with Crippen LogP contribution in [0.5, 0.6) is 11.6 Å². The number of rotatable bonds is 6. The van der Waals surface area contributed by atoms with Crippen molar-refractivity contribution in [2.24, 2.45) is 5.73 Å². The SMILES string of the molecule is Cl.NCc1ccnc(Oc2cccc(C(=O)NCc3ccc(F)cc3F)c2)c1. The third-order valence-corrected chi connectivity index (χ3v) is 3.81. The van der Waals surface area contributed by atoms with Crippen LogP contribution in [0, 0.1) is 11.6 Å². The molecule has 2 aromatic carbocycles. The van der Waals surface area contributed by atoms with Gasteiger partial charge in [0.25, 0.3) is 5.91 Å². The molecule has 8 heteroatoms. The van der Waals surface area contributed by atoms with Gasteiger partial charge in [-0.05, 0) is 35.9 Å². The third kappa shape index (κ3) is 5.48. The molecule has 0 bridgehead atoms. The molecule has 0 fully saturated rings. The molecule has 3 N–H and O–H groups in total. The average molecular weight is 406 g/mol. The van der Waals surface area contributed by atoms with Gasteiger partial charge in [-0.2, -0.15) is 0 Å². The van der Waals surface area contributed by atoms with Gasteiger partial charge in [-0.3, -0.25) is 4.79 Å². The lowest BCUT2D eigenvalue weighted by atomic mass is 10.1. The maximum atomic E-state index is 13.6. The summed E-state index contributed by atoms with van der Waals surface area (Å²) in [4.78, 5) is 16.4. The molecule has 3 rings (SSSR count). The lowest BCUT2D eigenvalue weighted by Crippen LogP contribution is -2.23. The highest BCUT2D eigenvalue weighted by Gasteiger charge is 2.10. The van der Waals surface area contributed by atoms with E-state index in [4.69, 9.17) is 10.5 Å². The highest BCUT2D eigenvalue weighted by atomic mass is 35.5. The first kappa shape index (κ1) is 21.3. The fourth-order valence-electron chi connectivity index (χ4n) is 2.40. The molecule has 1 heterocycles. The molecule has 0 saturated carbocycles. The Morgan fingerprint density at radius 3 is 2.68 bits per heavy atom. The molecule has 146 valence electrons. The van der Waals surface area contributed by atoms with Crippen LogP contribution in [0.25, 0.3) is 0 Å². The molecule has 0 unspecified atom stereocenters. The summed E-state index contributed by atoms with van der Waals surface area (Å²) in [5, 5.41) is 2.60. The van der Waals surface area contributed by atoms with Crippen molar-refractivity contribution in [2.75, 3.05) is 0 Å². The van der Waals surface area contributed by atoms with Crippen LogP contribution < -0.4 is 15.8 Å². The summed E-state index contributed by atoms with van der Waals surface area (Å²) >= 11 is 0. The first-order valence-electron chi connectivity index (χ1n) is 8.20. The minimum Gasteiger partial charge on any atom is -0.439 e. The topological polar surface area (TPSA) is 77.2 Å². The first-order chi connectivity index (χ1) is 13.0. The van der Waals surface area contributed by atoms with Crippen LogP contribution in [0.15, 0.2) is 60.8 Å². The summed E-state index contributed by atoms with van der Waals surface area (Å²) in [5.41, 5.74) is 7.00. The third-order valence-electron chi connectivity index (χ3n) is 3.81. The maximum absolute atomic E-state index is 13.6. The van der Waals surface area contributed by atoms with Crippen molar-refractivity contribution in [1.82, 2.24) is 10.3 Å². The molecule has 0 aliphatic heterocycles. The van der Waals surface area contributed by atoms with E-state index in [1.807, 2.05) is 0 Å². The fourth-order valence-corrected chi connectivity index (χ4v) is 2.40. The number of halogens is 3. The number of nitrogens with two attached hydrogens (primary N) is 1. The number of carbonyl (C=O) groups excluding carboxylic acids is 1. The molecule has 0 atom stereocenters. The van der Waals surface area contributed by atoms with Gasteiger partial charge in [0.2, 0.25) is 5.88 Å². The summed E-state index contributed by atoms with van der Waals surface area (Å²) in [5.74, 6) is -0.994. The van der Waals surface area contributed by atoms with Crippen LogP contribution >= 0.6 is 12.4 Å². The Labute approximate surface area is 167 Å². The van der Waals surface area contributed by atoms with E-state index < -0.39 is 17.5 Å². The van der Waals surface area contributed by atoms with Crippen molar-refractivity contribution in [3.8, 4) is 11.6 Å². The maximum Gasteiger partial charge on any atom is 0.251 e. The van der Waals surface area contributed by atoms with Gasteiger partial charge < -0.3 is 15.8 Å². The monoisotopic (exact) mass is 405 g/mol. The Morgan fingerprint density at radius 2 is 1.93 bits per heavy atom. The summed E-state index contributed by atoms with van der Waals surface area (Å²) in [6.45, 7) is 0.303. The molecule has 0 aliphatic carbocycles. The minimum absolute atomic E-state index is 0. The molecule has 0 aliphatic rings. The van der Waals surface area contributed by atoms with E-state index in [-0.39, 0.29) is 24.5 Å². The average Bonchev–Trinajstić information content (AvgIpc) is 2.67. The van der Waals surface area contributed by atoms with Crippen LogP contribution in [-0.4, -0.2) is 10.9 Å². The molecule has 0 saturated heterocycles. The molecule has 0 radical (unpaired) electrons. The second-order valence-corrected chi connectivity index (χ2v) is 5.75. The second-order valence-electron chi connectivity index (χ2n) is 5.75. The molecule has 5 nitrogen and oxygen atoms in total. The minimum atomic E-state index is -0.710. The van der Waals surface area contributed by atoms with Gasteiger partial charge in [-0.25, -0.2) is 13.8 Å². The number of aromatic nitrogens is 1. The zero-order valence-electron chi connectivity index (χ0n) is 14.7. The lowest BCUT2D eigenvalue weighted by molar-refractivity contribution is 0.0950. The molecule has 28 heavy (non-hydrogen) atoms. The van der Waals surface area contributed by atoms with Crippen molar-refractivity contribution < 1.29 is 18.3 Å². The Morgan fingerprint density at radius 1 is 1.11 bits per heavy atom. The molecular weight excluding hydrogens is 388 g/mol. The van der Waals surface area contributed by atoms with E-state index in [9.17, 15) is 13.6 Å². The van der Waals surface area contributed by atoms with Gasteiger partial charge >= 0.3 is 0 Å². The number of pyridine rings is 1. The van der Waals surface area contributed by atoms with Crippen molar-refractivity contribution in [3.63, 3.8) is 0 Å². The van der Waals surface area contributed by atoms with E-state index in [1.54, 1.807) is 42.6 Å². The lowest BCUT2D eigenvalue weighted by Gasteiger charge is -2.09. The smallest absolute Gasteiger partial charge is 0.251 e. The number of nitrogens with one attached hydrogen (secondary N) is 1. The predicted molar refractivity (Wildman–Crippen MR) is 103 cm³/mol. The van der Waals surface area contributed by atoms with E-state index in [2.05, 4.69) is 10.3 Å². The van der Waals surface area contributed by atoms with Gasteiger partial charge in [0.1, 0.15) is 17.4 Å². The van der Waals surface area contributed by atoms with E-state index in [1.165, 1.54) is 6.07 Å². The number of ether oxygens (including phenoxy) is 1. The predicted octanol–water partition coefficient (Wildman–Crippen LogP) is 3.96. The quantitative estimate of drug-likeness (QED) is 0.650. The highest BCUT2D eigenvalue weighted by molar-refractivity contribution is 5.94. The second kappa shape index (κ2) is 9.77. The van der Waals surface area contributed by atoms with Gasteiger partial charge in [-0.1, -0.05) is 12.1 Å². The van der Waals surface area contributed by atoms with Crippen molar-refractivity contribution in [3.05, 3.63) is 89.1 Å². The number of nitrogens with zero attached hydrogens (tertiary/aromatic N) is 1. The Hall–Kier alpha value is -3.03. The summed E-state index contributed by atoms with van der Waals surface area (Å²) in [6, 6.07) is 13.2. The van der Waals surface area contributed by atoms with Gasteiger partial charge in [0.15, 0.2) is 0 Å². The van der Waals surface area contributed by atoms with E-state index >= 15 is 0 Å². The molecule has 0 spiro atoms. The van der Waals surface area contributed by atoms with Crippen molar-refractivity contribution in [2.45, 2.75) is 13.1 Å². The van der Waals surface area contributed by atoms with Crippen molar-refractivity contribution in [1.29, 1.82) is 0 Å². The number of amides is 1. The van der Waals surface area contributed by atoms with Crippen LogP contribution in [0.3, 0.4) is 0 Å². The Bertz CT molecular complexity index is 970. The van der Waals surface area contributed by atoms with Crippen LogP contribution in [-0.2, 0) is 13.1 Å². The number of hydrogen-bond acceptors (Lipinski definition) is 4. The number of hydrogen-bond donors (Lipinski definition) is 2. The Kier molecular flexibility index (Phi) is 7.43. The summed E-state index contributed by atoms with van der Waals surface area (Å²) in [7, 11) is 0. The van der Waals surface area contributed by atoms with Gasteiger partial charge in [0, 0.05) is 42.5 Å². The van der Waals surface area contributed by atoms with E-state index in [0.717, 1.165) is 17.7 Å². The zero-order valence-corrected chi connectivity index (χ0v) is 15.5. The van der Waals surface area contributed by atoms with Gasteiger partial charge in [0.05, 0.1) is 0 Å². The van der Waals surface area contributed by atoms with Crippen molar-refractivity contribution >= 4 is 18.3 Å². The number of carbonyl (C=O) groups is 1.